The van der Waals surface area contributed by atoms with E-state index in [1.807, 2.05) is 24.1 Å². The third-order valence-electron chi connectivity index (χ3n) is 3.37. The molecule has 1 N–H and O–H groups in total. The Labute approximate surface area is 117 Å². The molecule has 3 nitrogen and oxygen atoms in total. The van der Waals surface area contributed by atoms with Crippen molar-refractivity contribution >= 4 is 5.91 Å². The van der Waals surface area contributed by atoms with Gasteiger partial charge in [-0.1, -0.05) is 37.6 Å². The molecular formula is C16H26N2O. The van der Waals surface area contributed by atoms with Gasteiger partial charge in [-0.05, 0) is 24.5 Å². The van der Waals surface area contributed by atoms with Crippen LogP contribution in [-0.4, -0.2) is 30.9 Å². The van der Waals surface area contributed by atoms with Crippen LogP contribution in [0.15, 0.2) is 24.3 Å². The van der Waals surface area contributed by atoms with Crippen LogP contribution in [0.1, 0.15) is 37.3 Å². The molecule has 0 saturated carbocycles. The van der Waals surface area contributed by atoms with Gasteiger partial charge in [0.25, 0.3) is 0 Å². The zero-order valence-electron chi connectivity index (χ0n) is 12.4. The van der Waals surface area contributed by atoms with Crippen LogP contribution in [0.4, 0.5) is 0 Å². The molecule has 0 radical (unpaired) electrons. The van der Waals surface area contributed by atoms with Gasteiger partial charge < -0.3 is 10.2 Å². The largest absolute Gasteiger partial charge is 0.346 e. The van der Waals surface area contributed by atoms with Crippen molar-refractivity contribution in [1.29, 1.82) is 0 Å². The van der Waals surface area contributed by atoms with E-state index < -0.39 is 0 Å². The highest BCUT2D eigenvalue weighted by molar-refractivity contribution is 5.76. The number of rotatable bonds is 8. The van der Waals surface area contributed by atoms with Crippen LogP contribution in [-0.2, 0) is 11.3 Å². The van der Waals surface area contributed by atoms with Crippen molar-refractivity contribution in [1.82, 2.24) is 10.2 Å². The van der Waals surface area contributed by atoms with Crippen molar-refractivity contribution in [2.75, 3.05) is 20.1 Å². The molecule has 0 bridgehead atoms. The summed E-state index contributed by atoms with van der Waals surface area (Å²) in [4.78, 5) is 13.6. The number of nitrogens with zero attached hydrogens (tertiary/aromatic N) is 1. The van der Waals surface area contributed by atoms with Crippen molar-refractivity contribution in [2.45, 2.75) is 39.7 Å². The average molecular weight is 262 g/mol. The molecule has 0 fully saturated rings. The first-order valence-corrected chi connectivity index (χ1v) is 7.14. The van der Waals surface area contributed by atoms with Gasteiger partial charge in [-0.2, -0.15) is 0 Å². The maximum atomic E-state index is 11.8. The highest BCUT2D eigenvalue weighted by Gasteiger charge is 2.07. The van der Waals surface area contributed by atoms with Crippen LogP contribution < -0.4 is 5.32 Å². The van der Waals surface area contributed by atoms with Crippen LogP contribution in [0.5, 0.6) is 0 Å². The van der Waals surface area contributed by atoms with Gasteiger partial charge in [0.2, 0.25) is 5.91 Å². The van der Waals surface area contributed by atoms with Gasteiger partial charge >= 0.3 is 0 Å². The van der Waals surface area contributed by atoms with E-state index in [1.165, 1.54) is 11.1 Å². The van der Waals surface area contributed by atoms with Gasteiger partial charge in [-0.25, -0.2) is 0 Å². The standard InChI is InChI=1S/C16H26N2O/c1-4-5-12-18(3)16(19)10-11-17-13-15-9-7-6-8-14(15)2/h6-9,17H,4-5,10-13H2,1-3H3. The fourth-order valence-electron chi connectivity index (χ4n) is 1.94. The quantitative estimate of drug-likeness (QED) is 0.731. The molecule has 0 aliphatic rings. The number of hydrogen-bond donors (Lipinski definition) is 1. The van der Waals surface area contributed by atoms with E-state index in [0.717, 1.165) is 32.5 Å². The molecule has 0 aromatic heterocycles. The normalized spacial score (nSPS) is 10.5. The number of amides is 1. The van der Waals surface area contributed by atoms with E-state index >= 15 is 0 Å². The van der Waals surface area contributed by atoms with Gasteiger partial charge in [0.1, 0.15) is 0 Å². The summed E-state index contributed by atoms with van der Waals surface area (Å²) in [7, 11) is 1.89. The molecule has 3 heteroatoms. The minimum atomic E-state index is 0.228. The zero-order chi connectivity index (χ0) is 14.1. The number of aryl methyl sites for hydroxylation is 1. The predicted molar refractivity (Wildman–Crippen MR) is 80.0 cm³/mol. The van der Waals surface area contributed by atoms with E-state index in [2.05, 4.69) is 31.3 Å². The predicted octanol–water partition coefficient (Wildman–Crippen LogP) is 2.73. The minimum absolute atomic E-state index is 0.228. The van der Waals surface area contributed by atoms with Crippen molar-refractivity contribution in [3.63, 3.8) is 0 Å². The van der Waals surface area contributed by atoms with Gasteiger partial charge in [-0.15, -0.1) is 0 Å². The molecule has 1 aromatic carbocycles. The third-order valence-corrected chi connectivity index (χ3v) is 3.37. The van der Waals surface area contributed by atoms with Gasteiger partial charge in [0.05, 0.1) is 0 Å². The Morgan fingerprint density at radius 2 is 2.05 bits per heavy atom. The van der Waals surface area contributed by atoms with Crippen molar-refractivity contribution in [3.05, 3.63) is 35.4 Å². The average Bonchev–Trinajstić information content (AvgIpc) is 2.42. The summed E-state index contributed by atoms with van der Waals surface area (Å²) in [5.74, 6) is 0.228. The van der Waals surface area contributed by atoms with E-state index in [-0.39, 0.29) is 5.91 Å². The maximum absolute atomic E-state index is 11.8. The summed E-state index contributed by atoms with van der Waals surface area (Å²) in [6.45, 7) is 6.69. The Kier molecular flexibility index (Phi) is 7.19. The minimum Gasteiger partial charge on any atom is -0.346 e. The van der Waals surface area contributed by atoms with Gasteiger partial charge in [0, 0.05) is 33.1 Å². The van der Waals surface area contributed by atoms with Crippen LogP contribution in [0.25, 0.3) is 0 Å². The molecule has 0 spiro atoms. The molecule has 1 rings (SSSR count). The fraction of sp³-hybridized carbons (Fsp3) is 0.562. The summed E-state index contributed by atoms with van der Waals surface area (Å²) in [6.07, 6.45) is 2.79. The second-order valence-corrected chi connectivity index (χ2v) is 5.02. The monoisotopic (exact) mass is 262 g/mol. The molecular weight excluding hydrogens is 236 g/mol. The lowest BCUT2D eigenvalue weighted by Crippen LogP contribution is -2.30. The van der Waals surface area contributed by atoms with Crippen molar-refractivity contribution < 1.29 is 4.79 Å². The highest BCUT2D eigenvalue weighted by Crippen LogP contribution is 2.06. The molecule has 0 aliphatic carbocycles. The second kappa shape index (κ2) is 8.70. The zero-order valence-corrected chi connectivity index (χ0v) is 12.4. The molecule has 1 amide bonds. The molecule has 1 aromatic rings. The summed E-state index contributed by atoms with van der Waals surface area (Å²) in [5, 5.41) is 3.34. The first-order valence-electron chi connectivity index (χ1n) is 7.14. The first kappa shape index (κ1) is 15.7. The summed E-state index contributed by atoms with van der Waals surface area (Å²) < 4.78 is 0. The molecule has 19 heavy (non-hydrogen) atoms. The Bertz CT molecular complexity index is 390. The summed E-state index contributed by atoms with van der Waals surface area (Å²) >= 11 is 0. The van der Waals surface area contributed by atoms with E-state index in [9.17, 15) is 4.79 Å². The van der Waals surface area contributed by atoms with Crippen molar-refractivity contribution in [3.8, 4) is 0 Å². The van der Waals surface area contributed by atoms with Crippen LogP contribution >= 0.6 is 0 Å². The first-order chi connectivity index (χ1) is 9.15. The van der Waals surface area contributed by atoms with Crippen LogP contribution in [0.2, 0.25) is 0 Å². The molecule has 106 valence electrons. The lowest BCUT2D eigenvalue weighted by Gasteiger charge is -2.16. The number of nitrogens with one attached hydrogen (secondary N) is 1. The van der Waals surface area contributed by atoms with E-state index in [0.29, 0.717) is 6.42 Å². The molecule has 0 heterocycles. The Morgan fingerprint density at radius 1 is 1.32 bits per heavy atom. The number of hydrogen-bond acceptors (Lipinski definition) is 2. The maximum Gasteiger partial charge on any atom is 0.223 e. The molecule has 0 atom stereocenters. The van der Waals surface area contributed by atoms with Crippen LogP contribution in [0.3, 0.4) is 0 Å². The lowest BCUT2D eigenvalue weighted by atomic mass is 10.1. The Balaban J connectivity index is 2.20. The summed E-state index contributed by atoms with van der Waals surface area (Å²) in [6, 6.07) is 8.33. The fourth-order valence-corrected chi connectivity index (χ4v) is 1.94. The molecule has 0 unspecified atom stereocenters. The topological polar surface area (TPSA) is 32.3 Å². The van der Waals surface area contributed by atoms with Crippen molar-refractivity contribution in [2.24, 2.45) is 0 Å². The number of unbranched alkanes of at least 4 members (excludes halogenated alkanes) is 1. The summed E-state index contributed by atoms with van der Waals surface area (Å²) in [5.41, 5.74) is 2.59. The highest BCUT2D eigenvalue weighted by atomic mass is 16.2. The SMILES string of the molecule is CCCCN(C)C(=O)CCNCc1ccccc1C. The second-order valence-electron chi connectivity index (χ2n) is 5.02. The Hall–Kier alpha value is -1.35. The molecule has 0 aliphatic heterocycles. The number of carbonyl (C=O) groups excluding carboxylic acids is 1. The number of carbonyl (C=O) groups is 1. The van der Waals surface area contributed by atoms with Crippen LogP contribution in [0, 0.1) is 6.92 Å². The van der Waals surface area contributed by atoms with Gasteiger partial charge in [0.15, 0.2) is 0 Å². The third kappa shape index (κ3) is 5.88. The van der Waals surface area contributed by atoms with Gasteiger partial charge in [-0.3, -0.25) is 4.79 Å². The smallest absolute Gasteiger partial charge is 0.223 e. The number of benzene rings is 1. The lowest BCUT2D eigenvalue weighted by molar-refractivity contribution is -0.129. The van der Waals surface area contributed by atoms with E-state index in [1.54, 1.807) is 0 Å². The van der Waals surface area contributed by atoms with E-state index in [4.69, 9.17) is 0 Å². The Morgan fingerprint density at radius 3 is 2.74 bits per heavy atom. The molecule has 0 saturated heterocycles.